The summed E-state index contributed by atoms with van der Waals surface area (Å²) in [5.41, 5.74) is 2.54. The summed E-state index contributed by atoms with van der Waals surface area (Å²) in [4.78, 5) is 6.55. The molecule has 0 amide bonds. The summed E-state index contributed by atoms with van der Waals surface area (Å²) in [7, 11) is 1.63. The van der Waals surface area contributed by atoms with Crippen LogP contribution in [-0.2, 0) is 0 Å². The number of rotatable bonds is 8. The monoisotopic (exact) mass is 558 g/mol. The summed E-state index contributed by atoms with van der Waals surface area (Å²) in [5.74, 6) is 1.90. The maximum absolute atomic E-state index is 9.77. The highest BCUT2D eigenvalue weighted by Crippen LogP contribution is 2.36. The van der Waals surface area contributed by atoms with Gasteiger partial charge in [-0.05, 0) is 61.7 Å². The minimum atomic E-state index is 0. The zero-order valence-electron chi connectivity index (χ0n) is 14.5. The molecule has 0 atom stereocenters. The first-order chi connectivity index (χ1) is 12.5. The largest absolute Gasteiger partial charge is 0.506 e. The standard InChI is InChI=1S/C18H18Br2Cl2N2O2.ClH/c1-26-17-8-12(2-3-16(17)24(6-4-21)7-5-22)11-23-13-9-14(19)18(25)15(20)10-13;/h2-3,8-11,25H,4-7H2,1H3;1H. The molecule has 1 N–H and O–H groups in total. The number of anilines is 1. The molecule has 0 aliphatic rings. The molecule has 2 rings (SSSR count). The van der Waals surface area contributed by atoms with Gasteiger partial charge in [0.25, 0.3) is 0 Å². The van der Waals surface area contributed by atoms with E-state index in [4.69, 9.17) is 27.9 Å². The van der Waals surface area contributed by atoms with E-state index in [-0.39, 0.29) is 18.2 Å². The molecule has 0 aliphatic heterocycles. The molecule has 4 nitrogen and oxygen atoms in total. The maximum Gasteiger partial charge on any atom is 0.144 e. The van der Waals surface area contributed by atoms with Gasteiger partial charge in [0.1, 0.15) is 11.5 Å². The van der Waals surface area contributed by atoms with Gasteiger partial charge in [-0.25, -0.2) is 0 Å². The van der Waals surface area contributed by atoms with E-state index in [1.165, 1.54) is 0 Å². The molecule has 0 radical (unpaired) electrons. The Morgan fingerprint density at radius 1 is 1.11 bits per heavy atom. The molecule has 0 heterocycles. The Morgan fingerprint density at radius 3 is 2.22 bits per heavy atom. The summed E-state index contributed by atoms with van der Waals surface area (Å²) in [6, 6.07) is 9.33. The van der Waals surface area contributed by atoms with Crippen LogP contribution < -0.4 is 9.64 Å². The second kappa shape index (κ2) is 12.0. The quantitative estimate of drug-likeness (QED) is 0.301. The third-order valence-corrected chi connectivity index (χ3v) is 5.16. The van der Waals surface area contributed by atoms with Gasteiger partial charge in [0.15, 0.2) is 0 Å². The molecule has 27 heavy (non-hydrogen) atoms. The SMILES string of the molecule is COc1cc(C=Nc2cc(Br)c(O)c(Br)c2)ccc1N(CCCl)CCCl.Cl. The van der Waals surface area contributed by atoms with Crippen molar-refractivity contribution in [2.24, 2.45) is 4.99 Å². The first kappa shape index (κ1) is 24.4. The molecule has 0 saturated heterocycles. The summed E-state index contributed by atoms with van der Waals surface area (Å²) in [6.07, 6.45) is 1.74. The molecule has 0 aromatic heterocycles. The van der Waals surface area contributed by atoms with Crippen molar-refractivity contribution in [3.8, 4) is 11.5 Å². The van der Waals surface area contributed by atoms with E-state index >= 15 is 0 Å². The van der Waals surface area contributed by atoms with Crippen molar-refractivity contribution in [3.05, 3.63) is 44.8 Å². The van der Waals surface area contributed by atoms with Gasteiger partial charge < -0.3 is 14.7 Å². The molecule has 2 aromatic carbocycles. The van der Waals surface area contributed by atoms with Gasteiger partial charge >= 0.3 is 0 Å². The minimum Gasteiger partial charge on any atom is -0.506 e. The van der Waals surface area contributed by atoms with E-state index in [0.717, 1.165) is 17.0 Å². The lowest BCUT2D eigenvalue weighted by molar-refractivity contribution is 0.414. The van der Waals surface area contributed by atoms with Crippen LogP contribution in [0.25, 0.3) is 0 Å². The van der Waals surface area contributed by atoms with Gasteiger partial charge in [-0.1, -0.05) is 6.07 Å². The smallest absolute Gasteiger partial charge is 0.144 e. The van der Waals surface area contributed by atoms with E-state index in [0.29, 0.717) is 39.5 Å². The van der Waals surface area contributed by atoms with Gasteiger partial charge in [0, 0.05) is 31.1 Å². The van der Waals surface area contributed by atoms with Crippen LogP contribution >= 0.6 is 67.5 Å². The average molecular weight is 562 g/mol. The third kappa shape index (κ3) is 6.71. The van der Waals surface area contributed by atoms with E-state index in [1.807, 2.05) is 18.2 Å². The topological polar surface area (TPSA) is 45.1 Å². The van der Waals surface area contributed by atoms with Crippen molar-refractivity contribution in [2.45, 2.75) is 0 Å². The molecule has 0 aliphatic carbocycles. The fraction of sp³-hybridized carbons (Fsp3) is 0.278. The molecule has 0 saturated carbocycles. The summed E-state index contributed by atoms with van der Waals surface area (Å²) in [6.45, 7) is 1.38. The Bertz CT molecular complexity index is 762. The summed E-state index contributed by atoms with van der Waals surface area (Å²) < 4.78 is 6.68. The van der Waals surface area contributed by atoms with Crippen LogP contribution in [0.1, 0.15) is 5.56 Å². The normalized spacial score (nSPS) is 10.7. The number of hydrogen-bond donors (Lipinski definition) is 1. The van der Waals surface area contributed by atoms with Crippen LogP contribution in [0.4, 0.5) is 11.4 Å². The van der Waals surface area contributed by atoms with E-state index in [9.17, 15) is 5.11 Å². The molecule has 9 heteroatoms. The maximum atomic E-state index is 9.77. The Labute approximate surface area is 192 Å². The number of alkyl halides is 2. The number of hydrogen-bond acceptors (Lipinski definition) is 4. The molecule has 2 aromatic rings. The van der Waals surface area contributed by atoms with E-state index in [2.05, 4.69) is 41.8 Å². The lowest BCUT2D eigenvalue weighted by Gasteiger charge is -2.25. The highest BCUT2D eigenvalue weighted by Gasteiger charge is 2.12. The van der Waals surface area contributed by atoms with Crippen LogP contribution in [-0.4, -0.2) is 43.3 Å². The number of phenols is 1. The van der Waals surface area contributed by atoms with Gasteiger partial charge in [0.2, 0.25) is 0 Å². The number of benzene rings is 2. The minimum absolute atomic E-state index is 0. The molecule has 0 bridgehead atoms. The number of ether oxygens (including phenoxy) is 1. The third-order valence-electron chi connectivity index (χ3n) is 3.62. The summed E-state index contributed by atoms with van der Waals surface area (Å²) >= 11 is 18.4. The number of aliphatic imine (C=N–C) groups is 1. The molecular formula is C18H19Br2Cl3N2O2. The van der Waals surface area contributed by atoms with Crippen LogP contribution in [0.5, 0.6) is 11.5 Å². The second-order valence-corrected chi connectivity index (χ2v) is 7.78. The van der Waals surface area contributed by atoms with Crippen molar-refractivity contribution < 1.29 is 9.84 Å². The number of halogens is 5. The molecule has 0 fully saturated rings. The number of methoxy groups -OCH3 is 1. The number of nitrogens with zero attached hydrogens (tertiary/aromatic N) is 2. The van der Waals surface area contributed by atoms with Gasteiger partial charge in [-0.3, -0.25) is 4.99 Å². The summed E-state index contributed by atoms with van der Waals surface area (Å²) in [5, 5.41) is 9.77. The van der Waals surface area contributed by atoms with Crippen molar-refractivity contribution >= 4 is 85.1 Å². The van der Waals surface area contributed by atoms with E-state index < -0.39 is 0 Å². The van der Waals surface area contributed by atoms with Crippen molar-refractivity contribution in [1.82, 2.24) is 0 Å². The highest BCUT2D eigenvalue weighted by atomic mass is 79.9. The van der Waals surface area contributed by atoms with Crippen LogP contribution in [0.2, 0.25) is 0 Å². The first-order valence-corrected chi connectivity index (χ1v) is 10.4. The van der Waals surface area contributed by atoms with Gasteiger partial charge in [-0.2, -0.15) is 0 Å². The highest BCUT2D eigenvalue weighted by molar-refractivity contribution is 9.11. The van der Waals surface area contributed by atoms with Crippen LogP contribution in [0.15, 0.2) is 44.3 Å². The molecular weight excluding hydrogens is 542 g/mol. The van der Waals surface area contributed by atoms with Gasteiger partial charge in [0.05, 0.1) is 27.4 Å². The average Bonchev–Trinajstić information content (AvgIpc) is 2.64. The Balaban J connectivity index is 0.00000364. The van der Waals surface area contributed by atoms with Crippen molar-refractivity contribution in [1.29, 1.82) is 0 Å². The number of phenolic OH excluding ortho intramolecular Hbond substituents is 1. The fourth-order valence-electron chi connectivity index (χ4n) is 2.37. The predicted octanol–water partition coefficient (Wildman–Crippen LogP) is 6.38. The van der Waals surface area contributed by atoms with Crippen LogP contribution in [0.3, 0.4) is 0 Å². The molecule has 0 unspecified atom stereocenters. The first-order valence-electron chi connectivity index (χ1n) is 7.77. The Morgan fingerprint density at radius 2 is 1.70 bits per heavy atom. The second-order valence-electron chi connectivity index (χ2n) is 5.31. The zero-order valence-corrected chi connectivity index (χ0v) is 20.0. The fourth-order valence-corrected chi connectivity index (χ4v) is 3.94. The van der Waals surface area contributed by atoms with Gasteiger partial charge in [-0.15, -0.1) is 35.6 Å². The Hall–Kier alpha value is -0.660. The molecule has 0 spiro atoms. The van der Waals surface area contributed by atoms with Crippen molar-refractivity contribution in [2.75, 3.05) is 36.9 Å². The van der Waals surface area contributed by atoms with Crippen LogP contribution in [0, 0.1) is 0 Å². The lowest BCUT2D eigenvalue weighted by atomic mass is 10.2. The Kier molecular flexibility index (Phi) is 10.9. The van der Waals surface area contributed by atoms with E-state index in [1.54, 1.807) is 25.5 Å². The van der Waals surface area contributed by atoms with Crippen molar-refractivity contribution in [3.63, 3.8) is 0 Å². The predicted molar refractivity (Wildman–Crippen MR) is 125 cm³/mol. The zero-order chi connectivity index (χ0) is 19.1. The lowest BCUT2D eigenvalue weighted by Crippen LogP contribution is -2.28. The number of aromatic hydroxyl groups is 1. The molecule has 148 valence electrons.